The topological polar surface area (TPSA) is 55.3 Å². The van der Waals surface area contributed by atoms with Gasteiger partial charge in [0.05, 0.1) is 19.2 Å². The summed E-state index contributed by atoms with van der Waals surface area (Å²) in [5, 5.41) is 0. The highest BCUT2D eigenvalue weighted by Gasteiger charge is 2.29. The highest BCUT2D eigenvalue weighted by molar-refractivity contribution is 5.70. The van der Waals surface area contributed by atoms with Gasteiger partial charge in [0, 0.05) is 48.8 Å². The van der Waals surface area contributed by atoms with Crippen LogP contribution in [0, 0.1) is 5.92 Å². The number of aromatic nitrogens is 2. The number of hydrogen-bond acceptors (Lipinski definition) is 5. The second-order valence-electron chi connectivity index (χ2n) is 5.19. The predicted molar refractivity (Wildman–Crippen MR) is 79.8 cm³/mol. The summed E-state index contributed by atoms with van der Waals surface area (Å²) >= 11 is 0. The fourth-order valence-corrected chi connectivity index (χ4v) is 2.53. The molecule has 0 atom stereocenters. The van der Waals surface area contributed by atoms with Crippen molar-refractivity contribution in [1.29, 1.82) is 0 Å². The number of rotatable bonds is 4. The number of esters is 1. The molecule has 3 heterocycles. The van der Waals surface area contributed by atoms with Crippen molar-refractivity contribution in [2.75, 3.05) is 25.1 Å². The molecule has 0 N–H and O–H groups in total. The molecule has 0 unspecified atom stereocenters. The van der Waals surface area contributed by atoms with Gasteiger partial charge in [0.15, 0.2) is 0 Å². The fraction of sp³-hybridized carbons (Fsp3) is 0.312. The van der Waals surface area contributed by atoms with E-state index < -0.39 is 0 Å². The molecule has 0 aromatic carbocycles. The van der Waals surface area contributed by atoms with Gasteiger partial charge in [-0.3, -0.25) is 14.8 Å². The molecule has 5 nitrogen and oxygen atoms in total. The van der Waals surface area contributed by atoms with E-state index in [1.807, 2.05) is 24.4 Å². The average Bonchev–Trinajstić information content (AvgIpc) is 2.51. The summed E-state index contributed by atoms with van der Waals surface area (Å²) in [4.78, 5) is 21.9. The van der Waals surface area contributed by atoms with Crippen LogP contribution in [0.4, 0.5) is 5.69 Å². The van der Waals surface area contributed by atoms with E-state index in [1.165, 1.54) is 7.11 Å². The minimum absolute atomic E-state index is 0.133. The highest BCUT2D eigenvalue weighted by atomic mass is 16.5. The Balaban J connectivity index is 1.67. The Labute approximate surface area is 123 Å². The maximum absolute atomic E-state index is 11.2. The van der Waals surface area contributed by atoms with Gasteiger partial charge in [-0.1, -0.05) is 0 Å². The number of carbonyl (C=O) groups is 1. The molecule has 108 valence electrons. The van der Waals surface area contributed by atoms with E-state index in [4.69, 9.17) is 4.74 Å². The minimum atomic E-state index is -0.133. The first-order valence-corrected chi connectivity index (χ1v) is 6.94. The predicted octanol–water partition coefficient (Wildman–Crippen LogP) is 2.14. The van der Waals surface area contributed by atoms with Crippen LogP contribution < -0.4 is 4.90 Å². The number of anilines is 1. The third kappa shape index (κ3) is 3.02. The molecule has 5 heteroatoms. The molecule has 2 aromatic heterocycles. The molecule has 1 aliphatic heterocycles. The van der Waals surface area contributed by atoms with Crippen LogP contribution in [0.3, 0.4) is 0 Å². The molecule has 0 saturated carbocycles. The van der Waals surface area contributed by atoms with Crippen molar-refractivity contribution in [3.63, 3.8) is 0 Å². The molecule has 0 amide bonds. The van der Waals surface area contributed by atoms with Crippen molar-refractivity contribution in [2.24, 2.45) is 5.92 Å². The van der Waals surface area contributed by atoms with Gasteiger partial charge in [0.25, 0.3) is 0 Å². The molecule has 21 heavy (non-hydrogen) atoms. The van der Waals surface area contributed by atoms with Gasteiger partial charge in [0.1, 0.15) is 0 Å². The van der Waals surface area contributed by atoms with Crippen molar-refractivity contribution in [2.45, 2.75) is 6.42 Å². The number of nitrogens with zero attached hydrogens (tertiary/aromatic N) is 3. The fourth-order valence-electron chi connectivity index (χ4n) is 2.53. The van der Waals surface area contributed by atoms with Crippen molar-refractivity contribution >= 4 is 11.7 Å². The largest absolute Gasteiger partial charge is 0.469 e. The zero-order valence-electron chi connectivity index (χ0n) is 11.9. The van der Waals surface area contributed by atoms with E-state index in [0.717, 1.165) is 30.0 Å². The minimum Gasteiger partial charge on any atom is -0.469 e. The Morgan fingerprint density at radius 2 is 2.05 bits per heavy atom. The van der Waals surface area contributed by atoms with Gasteiger partial charge in [-0.2, -0.15) is 0 Å². The summed E-state index contributed by atoms with van der Waals surface area (Å²) in [7, 11) is 1.43. The van der Waals surface area contributed by atoms with Crippen molar-refractivity contribution in [1.82, 2.24) is 9.97 Å². The van der Waals surface area contributed by atoms with E-state index in [-0.39, 0.29) is 5.97 Å². The Kier molecular flexibility index (Phi) is 3.81. The third-order valence-electron chi connectivity index (χ3n) is 3.72. The number of ether oxygens (including phenoxy) is 1. The van der Waals surface area contributed by atoms with Crippen LogP contribution in [0.5, 0.6) is 0 Å². The first-order valence-electron chi connectivity index (χ1n) is 6.94. The van der Waals surface area contributed by atoms with E-state index in [0.29, 0.717) is 12.3 Å². The zero-order valence-corrected chi connectivity index (χ0v) is 11.9. The Morgan fingerprint density at radius 3 is 2.76 bits per heavy atom. The van der Waals surface area contributed by atoms with Gasteiger partial charge in [-0.25, -0.2) is 0 Å². The molecule has 0 spiro atoms. The van der Waals surface area contributed by atoms with Crippen LogP contribution in [0.15, 0.2) is 42.9 Å². The monoisotopic (exact) mass is 283 g/mol. The maximum atomic E-state index is 11.2. The maximum Gasteiger partial charge on any atom is 0.305 e. The SMILES string of the molecule is COC(=O)CC1CN(c2ccnc(-c3ccncc3)c2)C1. The Hall–Kier alpha value is -2.43. The molecule has 1 aliphatic rings. The lowest BCUT2D eigenvalue weighted by atomic mass is 9.95. The molecule has 1 saturated heterocycles. The molecule has 0 bridgehead atoms. The Bertz CT molecular complexity index is 624. The van der Waals surface area contributed by atoms with Gasteiger partial charge in [0.2, 0.25) is 0 Å². The van der Waals surface area contributed by atoms with Crippen LogP contribution in [0.1, 0.15) is 6.42 Å². The van der Waals surface area contributed by atoms with Gasteiger partial charge < -0.3 is 9.64 Å². The molecular formula is C16H17N3O2. The number of carbonyl (C=O) groups excluding carboxylic acids is 1. The Morgan fingerprint density at radius 1 is 1.29 bits per heavy atom. The average molecular weight is 283 g/mol. The van der Waals surface area contributed by atoms with Gasteiger partial charge in [-0.15, -0.1) is 0 Å². The van der Waals surface area contributed by atoms with E-state index in [1.54, 1.807) is 12.4 Å². The standard InChI is InChI=1S/C16H17N3O2/c1-21-16(20)8-12-10-19(11-12)14-4-7-18-15(9-14)13-2-5-17-6-3-13/h2-7,9,12H,8,10-11H2,1H3. The number of hydrogen-bond donors (Lipinski definition) is 0. The van der Waals surface area contributed by atoms with E-state index in [2.05, 4.69) is 20.9 Å². The smallest absolute Gasteiger partial charge is 0.305 e. The molecule has 1 fully saturated rings. The number of methoxy groups -OCH3 is 1. The molecule has 0 aliphatic carbocycles. The van der Waals surface area contributed by atoms with Gasteiger partial charge >= 0.3 is 5.97 Å². The second-order valence-corrected chi connectivity index (χ2v) is 5.19. The first kappa shape index (κ1) is 13.5. The second kappa shape index (κ2) is 5.91. The summed E-state index contributed by atoms with van der Waals surface area (Å²) < 4.78 is 4.70. The normalized spacial score (nSPS) is 14.6. The van der Waals surface area contributed by atoms with Crippen molar-refractivity contribution in [3.05, 3.63) is 42.9 Å². The summed E-state index contributed by atoms with van der Waals surface area (Å²) in [5.41, 5.74) is 3.13. The van der Waals surface area contributed by atoms with Crippen LogP contribution in [-0.4, -0.2) is 36.1 Å². The molecule has 3 rings (SSSR count). The summed E-state index contributed by atoms with van der Waals surface area (Å²) in [6.07, 6.45) is 5.84. The molecule has 2 aromatic rings. The third-order valence-corrected chi connectivity index (χ3v) is 3.72. The van der Waals surface area contributed by atoms with Crippen LogP contribution in [-0.2, 0) is 9.53 Å². The quantitative estimate of drug-likeness (QED) is 0.805. The number of pyridine rings is 2. The van der Waals surface area contributed by atoms with Crippen LogP contribution >= 0.6 is 0 Å². The summed E-state index contributed by atoms with van der Waals surface area (Å²) in [5.74, 6) is 0.252. The van der Waals surface area contributed by atoms with Crippen molar-refractivity contribution < 1.29 is 9.53 Å². The lowest BCUT2D eigenvalue weighted by Crippen LogP contribution is -2.47. The lowest BCUT2D eigenvalue weighted by Gasteiger charge is -2.40. The zero-order chi connectivity index (χ0) is 14.7. The van der Waals surface area contributed by atoms with Crippen LogP contribution in [0.2, 0.25) is 0 Å². The highest BCUT2D eigenvalue weighted by Crippen LogP contribution is 2.29. The van der Waals surface area contributed by atoms with Crippen LogP contribution in [0.25, 0.3) is 11.3 Å². The van der Waals surface area contributed by atoms with Crippen molar-refractivity contribution in [3.8, 4) is 11.3 Å². The molecular weight excluding hydrogens is 266 g/mol. The van der Waals surface area contributed by atoms with E-state index in [9.17, 15) is 4.79 Å². The van der Waals surface area contributed by atoms with Gasteiger partial charge in [-0.05, 0) is 24.3 Å². The molecule has 0 radical (unpaired) electrons. The first-order chi connectivity index (χ1) is 10.3. The van der Waals surface area contributed by atoms with E-state index >= 15 is 0 Å². The lowest BCUT2D eigenvalue weighted by molar-refractivity contribution is -0.141. The summed E-state index contributed by atoms with van der Waals surface area (Å²) in [6, 6.07) is 7.97. The summed E-state index contributed by atoms with van der Waals surface area (Å²) in [6.45, 7) is 1.77.